The molecule has 3 aromatic rings. The number of para-hydroxylation sites is 1. The van der Waals surface area contributed by atoms with Crippen LogP contribution in [0.3, 0.4) is 0 Å². The van der Waals surface area contributed by atoms with Crippen LogP contribution < -0.4 is 15.5 Å². The Morgan fingerprint density at radius 2 is 1.93 bits per heavy atom. The Bertz CT molecular complexity index is 941. The lowest BCUT2D eigenvalue weighted by molar-refractivity contribution is 0.796. The van der Waals surface area contributed by atoms with Gasteiger partial charge in [-0.15, -0.1) is 0 Å². The number of guanidine groups is 1. The number of rotatable bonds is 7. The Kier molecular flexibility index (Phi) is 6.53. The summed E-state index contributed by atoms with van der Waals surface area (Å²) in [7, 11) is 3.99. The van der Waals surface area contributed by atoms with Gasteiger partial charge in [0.2, 0.25) is 0 Å². The van der Waals surface area contributed by atoms with Crippen molar-refractivity contribution in [3.63, 3.8) is 0 Å². The van der Waals surface area contributed by atoms with Crippen LogP contribution in [0.5, 0.6) is 0 Å². The average Bonchev–Trinajstić information content (AvgIpc) is 3.01. The molecule has 0 spiro atoms. The maximum atomic E-state index is 4.69. The molecule has 0 amide bonds. The molecule has 3 N–H and O–H groups in total. The van der Waals surface area contributed by atoms with Crippen LogP contribution in [0.4, 0.5) is 5.82 Å². The molecule has 0 fully saturated rings. The van der Waals surface area contributed by atoms with Gasteiger partial charge < -0.3 is 20.5 Å². The number of anilines is 1. The topological polar surface area (TPSA) is 68.3 Å². The van der Waals surface area contributed by atoms with Gasteiger partial charge in [-0.25, -0.2) is 9.98 Å². The van der Waals surface area contributed by atoms with E-state index >= 15 is 0 Å². The van der Waals surface area contributed by atoms with Crippen LogP contribution in [0.15, 0.2) is 47.5 Å². The zero-order chi connectivity index (χ0) is 19.9. The number of hydrogen-bond donors (Lipinski definition) is 3. The lowest BCUT2D eigenvalue weighted by Gasteiger charge is -2.13. The molecule has 2 aromatic heterocycles. The van der Waals surface area contributed by atoms with E-state index in [-0.39, 0.29) is 0 Å². The normalized spacial score (nSPS) is 11.6. The van der Waals surface area contributed by atoms with Crippen LogP contribution in [0.25, 0.3) is 10.9 Å². The zero-order valence-corrected chi connectivity index (χ0v) is 17.2. The van der Waals surface area contributed by atoms with Gasteiger partial charge in [-0.2, -0.15) is 0 Å². The van der Waals surface area contributed by atoms with E-state index in [2.05, 4.69) is 58.7 Å². The van der Waals surface area contributed by atoms with Gasteiger partial charge >= 0.3 is 0 Å². The average molecular weight is 379 g/mol. The Balaban J connectivity index is 1.63. The van der Waals surface area contributed by atoms with E-state index in [0.29, 0.717) is 6.54 Å². The van der Waals surface area contributed by atoms with Crippen molar-refractivity contribution in [3.8, 4) is 0 Å². The van der Waals surface area contributed by atoms with Gasteiger partial charge in [0.15, 0.2) is 5.96 Å². The molecule has 1 aromatic carbocycles. The smallest absolute Gasteiger partial charge is 0.191 e. The number of benzene rings is 1. The van der Waals surface area contributed by atoms with Crippen molar-refractivity contribution in [2.24, 2.45) is 4.99 Å². The molecule has 148 valence electrons. The zero-order valence-electron chi connectivity index (χ0n) is 17.2. The molecule has 6 nitrogen and oxygen atoms in total. The number of pyridine rings is 1. The molecule has 28 heavy (non-hydrogen) atoms. The molecule has 0 unspecified atom stereocenters. The summed E-state index contributed by atoms with van der Waals surface area (Å²) in [5.41, 5.74) is 4.74. The number of aryl methyl sites for hydroxylation is 1. The van der Waals surface area contributed by atoms with Crippen molar-refractivity contribution in [3.05, 3.63) is 59.4 Å². The van der Waals surface area contributed by atoms with Gasteiger partial charge in [-0.1, -0.05) is 24.3 Å². The minimum absolute atomic E-state index is 0.545. The molecule has 0 saturated carbocycles. The molecular formula is C22H30N6. The van der Waals surface area contributed by atoms with Gasteiger partial charge in [0, 0.05) is 43.8 Å². The first-order chi connectivity index (χ1) is 13.6. The summed E-state index contributed by atoms with van der Waals surface area (Å²) in [4.78, 5) is 14.8. The van der Waals surface area contributed by atoms with Gasteiger partial charge in [0.05, 0.1) is 12.2 Å². The van der Waals surface area contributed by atoms with Crippen molar-refractivity contribution in [1.29, 1.82) is 0 Å². The minimum atomic E-state index is 0.545. The molecule has 0 aliphatic carbocycles. The predicted molar refractivity (Wildman–Crippen MR) is 118 cm³/mol. The van der Waals surface area contributed by atoms with Crippen LogP contribution in [0, 0.1) is 6.92 Å². The van der Waals surface area contributed by atoms with E-state index in [4.69, 9.17) is 4.99 Å². The monoisotopic (exact) mass is 378 g/mol. The van der Waals surface area contributed by atoms with Crippen molar-refractivity contribution in [1.82, 2.24) is 20.6 Å². The lowest BCUT2D eigenvalue weighted by atomic mass is 10.1. The number of H-pyrrole nitrogens is 1. The molecule has 0 bridgehead atoms. The van der Waals surface area contributed by atoms with Crippen LogP contribution in [-0.2, 0) is 13.0 Å². The van der Waals surface area contributed by atoms with Crippen molar-refractivity contribution in [2.45, 2.75) is 26.8 Å². The number of aliphatic imine (C=N–C) groups is 1. The standard InChI is InChI=1S/C22H30N6/c1-5-23-22(25-15-17-9-8-12-21(27-17)28(3)4)24-14-13-18-16(2)26-20-11-7-6-10-19(18)20/h6-12,26H,5,13-15H2,1-4H3,(H2,23,24,25). The summed E-state index contributed by atoms with van der Waals surface area (Å²) in [6.45, 7) is 6.40. The molecule has 3 rings (SSSR count). The highest BCUT2D eigenvalue weighted by atomic mass is 15.2. The SMILES string of the molecule is CCNC(=NCc1cccc(N(C)C)n1)NCCc1c(C)[nH]c2ccccc12. The number of aromatic nitrogens is 2. The largest absolute Gasteiger partial charge is 0.363 e. The first kappa shape index (κ1) is 19.7. The summed E-state index contributed by atoms with van der Waals surface area (Å²) in [5.74, 6) is 1.76. The molecule has 0 aliphatic rings. The second-order valence-corrected chi connectivity index (χ2v) is 7.03. The second-order valence-electron chi connectivity index (χ2n) is 7.03. The van der Waals surface area contributed by atoms with E-state index in [0.717, 1.165) is 37.0 Å². The third-order valence-electron chi connectivity index (χ3n) is 4.69. The van der Waals surface area contributed by atoms with Gasteiger partial charge in [-0.3, -0.25) is 0 Å². The molecule has 0 aliphatic heterocycles. The summed E-state index contributed by atoms with van der Waals surface area (Å²) in [5, 5.41) is 8.06. The van der Waals surface area contributed by atoms with Crippen LogP contribution in [0.1, 0.15) is 23.9 Å². The van der Waals surface area contributed by atoms with E-state index in [1.165, 1.54) is 22.2 Å². The summed E-state index contributed by atoms with van der Waals surface area (Å²) >= 11 is 0. The molecule has 0 saturated heterocycles. The Morgan fingerprint density at radius 1 is 1.11 bits per heavy atom. The van der Waals surface area contributed by atoms with E-state index in [1.807, 2.05) is 37.2 Å². The van der Waals surface area contributed by atoms with Crippen LogP contribution in [0.2, 0.25) is 0 Å². The Labute approximate surface area is 167 Å². The quantitative estimate of drug-likeness (QED) is 0.436. The molecule has 0 atom stereocenters. The molecule has 2 heterocycles. The molecule has 6 heteroatoms. The van der Waals surface area contributed by atoms with Crippen LogP contribution >= 0.6 is 0 Å². The van der Waals surface area contributed by atoms with E-state index < -0.39 is 0 Å². The number of fused-ring (bicyclic) bond motifs is 1. The highest BCUT2D eigenvalue weighted by Crippen LogP contribution is 2.21. The number of hydrogen-bond acceptors (Lipinski definition) is 3. The molecular weight excluding hydrogens is 348 g/mol. The highest BCUT2D eigenvalue weighted by Gasteiger charge is 2.08. The van der Waals surface area contributed by atoms with E-state index in [1.54, 1.807) is 0 Å². The third-order valence-corrected chi connectivity index (χ3v) is 4.69. The highest BCUT2D eigenvalue weighted by molar-refractivity contribution is 5.84. The number of nitrogens with one attached hydrogen (secondary N) is 3. The Morgan fingerprint density at radius 3 is 2.71 bits per heavy atom. The van der Waals surface area contributed by atoms with Crippen molar-refractivity contribution >= 4 is 22.7 Å². The maximum absolute atomic E-state index is 4.69. The summed E-state index contributed by atoms with van der Waals surface area (Å²) < 4.78 is 0. The fraction of sp³-hybridized carbons (Fsp3) is 0.364. The summed E-state index contributed by atoms with van der Waals surface area (Å²) in [6.07, 6.45) is 0.939. The molecule has 0 radical (unpaired) electrons. The van der Waals surface area contributed by atoms with Crippen molar-refractivity contribution in [2.75, 3.05) is 32.1 Å². The Hall–Kier alpha value is -3.02. The second kappa shape index (κ2) is 9.26. The number of aromatic amines is 1. The first-order valence-corrected chi connectivity index (χ1v) is 9.80. The van der Waals surface area contributed by atoms with Crippen molar-refractivity contribution < 1.29 is 0 Å². The minimum Gasteiger partial charge on any atom is -0.363 e. The van der Waals surface area contributed by atoms with Crippen LogP contribution in [-0.4, -0.2) is 43.1 Å². The summed E-state index contributed by atoms with van der Waals surface area (Å²) in [6, 6.07) is 14.5. The first-order valence-electron chi connectivity index (χ1n) is 9.80. The number of nitrogens with zero attached hydrogens (tertiary/aromatic N) is 3. The van der Waals surface area contributed by atoms with Gasteiger partial charge in [0.1, 0.15) is 5.82 Å². The van der Waals surface area contributed by atoms with E-state index in [9.17, 15) is 0 Å². The lowest BCUT2D eigenvalue weighted by Crippen LogP contribution is -2.38. The fourth-order valence-electron chi connectivity index (χ4n) is 3.27. The fourth-order valence-corrected chi connectivity index (χ4v) is 3.27. The predicted octanol–water partition coefficient (Wildman–Crippen LogP) is 3.24. The van der Waals surface area contributed by atoms with Gasteiger partial charge in [-0.05, 0) is 44.0 Å². The third kappa shape index (κ3) is 4.82. The van der Waals surface area contributed by atoms with Gasteiger partial charge in [0.25, 0.3) is 0 Å². The maximum Gasteiger partial charge on any atom is 0.191 e.